The van der Waals surface area contributed by atoms with Gasteiger partial charge in [0, 0.05) is 11.1 Å². The van der Waals surface area contributed by atoms with E-state index in [1.807, 2.05) is 6.92 Å². The number of nitrogens with zero attached hydrogens (tertiary/aromatic N) is 1. The minimum Gasteiger partial charge on any atom is -0.508 e. The van der Waals surface area contributed by atoms with Crippen LogP contribution in [0.4, 0.5) is 0 Å². The molecule has 0 spiro atoms. The molecule has 2 rings (SSSR count). The third-order valence-electron chi connectivity index (χ3n) is 2.68. The number of hydrogen-bond donors (Lipinski definition) is 3. The lowest BCUT2D eigenvalue weighted by molar-refractivity contribution is 0.0955. The van der Waals surface area contributed by atoms with Crippen LogP contribution in [-0.4, -0.2) is 22.3 Å². The van der Waals surface area contributed by atoms with Crippen molar-refractivity contribution in [1.82, 2.24) is 5.43 Å². The Balaban J connectivity index is 2.04. The van der Waals surface area contributed by atoms with Crippen molar-refractivity contribution in [3.63, 3.8) is 0 Å². The van der Waals surface area contributed by atoms with Crippen molar-refractivity contribution < 1.29 is 15.0 Å². The monoisotopic (exact) mass is 270 g/mol. The summed E-state index contributed by atoms with van der Waals surface area (Å²) in [5, 5.41) is 22.5. The number of aryl methyl sites for hydroxylation is 1. The van der Waals surface area contributed by atoms with E-state index in [9.17, 15) is 9.90 Å². The normalized spacial score (nSPS) is 10.7. The van der Waals surface area contributed by atoms with E-state index < -0.39 is 5.91 Å². The number of rotatable bonds is 3. The van der Waals surface area contributed by atoms with Gasteiger partial charge in [-0.05, 0) is 43.3 Å². The maximum atomic E-state index is 11.7. The average molecular weight is 270 g/mol. The highest BCUT2D eigenvalue weighted by Crippen LogP contribution is 2.15. The van der Waals surface area contributed by atoms with Crippen LogP contribution in [0.5, 0.6) is 11.5 Å². The second kappa shape index (κ2) is 5.88. The fourth-order valence-electron chi connectivity index (χ4n) is 1.62. The minimum absolute atomic E-state index is 0.0923. The molecule has 0 aliphatic carbocycles. The first-order valence-corrected chi connectivity index (χ1v) is 5.98. The SMILES string of the molecule is Cc1ccc(O)c(/C=N/NC(=O)c2ccc(O)cc2)c1. The Morgan fingerprint density at radius 2 is 1.85 bits per heavy atom. The molecule has 2 aromatic carbocycles. The molecule has 0 radical (unpaired) electrons. The van der Waals surface area contributed by atoms with Crippen molar-refractivity contribution in [2.24, 2.45) is 5.10 Å². The standard InChI is InChI=1S/C15H14N2O3/c1-10-2-7-14(19)12(8-10)9-16-17-15(20)11-3-5-13(18)6-4-11/h2-9,18-19H,1H3,(H,17,20)/b16-9+. The van der Waals surface area contributed by atoms with Crippen molar-refractivity contribution in [3.05, 3.63) is 59.2 Å². The molecule has 0 unspecified atom stereocenters. The molecule has 0 aromatic heterocycles. The predicted octanol–water partition coefficient (Wildman–Crippen LogP) is 2.17. The Labute approximate surface area is 116 Å². The van der Waals surface area contributed by atoms with E-state index >= 15 is 0 Å². The molecule has 3 N–H and O–H groups in total. The minimum atomic E-state index is -0.395. The predicted molar refractivity (Wildman–Crippen MR) is 76.0 cm³/mol. The smallest absolute Gasteiger partial charge is 0.271 e. The molecule has 0 heterocycles. The van der Waals surface area contributed by atoms with Gasteiger partial charge in [0.1, 0.15) is 11.5 Å². The molecule has 0 saturated heterocycles. The van der Waals surface area contributed by atoms with Crippen LogP contribution in [0, 0.1) is 6.92 Å². The van der Waals surface area contributed by atoms with Gasteiger partial charge in [0.05, 0.1) is 6.21 Å². The summed E-state index contributed by atoms with van der Waals surface area (Å²) in [5.41, 5.74) is 4.24. The number of nitrogens with one attached hydrogen (secondary N) is 1. The zero-order valence-corrected chi connectivity index (χ0v) is 10.9. The highest BCUT2D eigenvalue weighted by molar-refractivity contribution is 5.95. The number of hydrogen-bond acceptors (Lipinski definition) is 4. The molecular weight excluding hydrogens is 256 g/mol. The van der Waals surface area contributed by atoms with Crippen LogP contribution in [0.15, 0.2) is 47.6 Å². The van der Waals surface area contributed by atoms with Crippen LogP contribution >= 0.6 is 0 Å². The fraction of sp³-hybridized carbons (Fsp3) is 0.0667. The van der Waals surface area contributed by atoms with E-state index in [1.54, 1.807) is 18.2 Å². The van der Waals surface area contributed by atoms with Crippen molar-refractivity contribution in [1.29, 1.82) is 0 Å². The summed E-state index contributed by atoms with van der Waals surface area (Å²) in [7, 11) is 0. The summed E-state index contributed by atoms with van der Waals surface area (Å²) < 4.78 is 0. The van der Waals surface area contributed by atoms with Gasteiger partial charge in [0.25, 0.3) is 5.91 Å². The molecule has 0 fully saturated rings. The van der Waals surface area contributed by atoms with Crippen LogP contribution in [-0.2, 0) is 0 Å². The van der Waals surface area contributed by atoms with E-state index in [-0.39, 0.29) is 11.5 Å². The lowest BCUT2D eigenvalue weighted by Crippen LogP contribution is -2.17. The Morgan fingerprint density at radius 3 is 2.55 bits per heavy atom. The molecule has 0 aliphatic rings. The zero-order valence-electron chi connectivity index (χ0n) is 10.9. The van der Waals surface area contributed by atoms with Gasteiger partial charge in [-0.25, -0.2) is 5.43 Å². The zero-order chi connectivity index (χ0) is 14.5. The Hall–Kier alpha value is -2.82. The average Bonchev–Trinajstić information content (AvgIpc) is 2.43. The number of amides is 1. The van der Waals surface area contributed by atoms with E-state index in [2.05, 4.69) is 10.5 Å². The number of phenols is 2. The summed E-state index contributed by atoms with van der Waals surface area (Å²) in [5.74, 6) is -0.207. The van der Waals surface area contributed by atoms with E-state index in [4.69, 9.17) is 5.11 Å². The number of hydrazone groups is 1. The maximum Gasteiger partial charge on any atom is 0.271 e. The third kappa shape index (κ3) is 3.35. The molecule has 20 heavy (non-hydrogen) atoms. The molecule has 0 aliphatic heterocycles. The van der Waals surface area contributed by atoms with Crippen LogP contribution in [0.3, 0.4) is 0 Å². The van der Waals surface area contributed by atoms with Gasteiger partial charge in [-0.1, -0.05) is 11.6 Å². The largest absolute Gasteiger partial charge is 0.508 e. The van der Waals surface area contributed by atoms with E-state index in [1.165, 1.54) is 30.5 Å². The van der Waals surface area contributed by atoms with Crippen LogP contribution in [0.2, 0.25) is 0 Å². The van der Waals surface area contributed by atoms with Crippen molar-refractivity contribution >= 4 is 12.1 Å². The third-order valence-corrected chi connectivity index (χ3v) is 2.68. The molecule has 5 nitrogen and oxygen atoms in total. The number of phenolic OH excluding ortho intramolecular Hbond substituents is 2. The van der Waals surface area contributed by atoms with Gasteiger partial charge < -0.3 is 10.2 Å². The van der Waals surface area contributed by atoms with E-state index in [0.29, 0.717) is 11.1 Å². The molecule has 5 heteroatoms. The highest BCUT2D eigenvalue weighted by atomic mass is 16.3. The first-order valence-electron chi connectivity index (χ1n) is 5.98. The van der Waals surface area contributed by atoms with Gasteiger partial charge in [0.2, 0.25) is 0 Å². The van der Waals surface area contributed by atoms with Gasteiger partial charge in [-0.2, -0.15) is 5.10 Å². The topological polar surface area (TPSA) is 81.9 Å². The number of carbonyl (C=O) groups excluding carboxylic acids is 1. The second-order valence-corrected chi connectivity index (χ2v) is 4.31. The number of carbonyl (C=O) groups is 1. The van der Waals surface area contributed by atoms with Crippen molar-refractivity contribution in [2.75, 3.05) is 0 Å². The van der Waals surface area contributed by atoms with Crippen LogP contribution in [0.1, 0.15) is 21.5 Å². The first kappa shape index (κ1) is 13.6. The fourth-order valence-corrected chi connectivity index (χ4v) is 1.62. The van der Waals surface area contributed by atoms with Crippen molar-refractivity contribution in [2.45, 2.75) is 6.92 Å². The highest BCUT2D eigenvalue weighted by Gasteiger charge is 2.03. The molecule has 0 saturated carbocycles. The Morgan fingerprint density at radius 1 is 1.15 bits per heavy atom. The summed E-state index contributed by atoms with van der Waals surface area (Å²) in [4.78, 5) is 11.7. The second-order valence-electron chi connectivity index (χ2n) is 4.31. The Kier molecular flexibility index (Phi) is 4.00. The summed E-state index contributed by atoms with van der Waals surface area (Å²) in [6.45, 7) is 1.89. The van der Waals surface area contributed by atoms with Gasteiger partial charge in [-0.15, -0.1) is 0 Å². The van der Waals surface area contributed by atoms with Gasteiger partial charge in [-0.3, -0.25) is 4.79 Å². The summed E-state index contributed by atoms with van der Waals surface area (Å²) >= 11 is 0. The van der Waals surface area contributed by atoms with Crippen molar-refractivity contribution in [3.8, 4) is 11.5 Å². The quantitative estimate of drug-likeness (QED) is 0.590. The lowest BCUT2D eigenvalue weighted by atomic mass is 10.1. The van der Waals surface area contributed by atoms with E-state index in [0.717, 1.165) is 5.56 Å². The van der Waals surface area contributed by atoms with Crippen LogP contribution < -0.4 is 5.43 Å². The molecule has 102 valence electrons. The molecule has 0 bridgehead atoms. The summed E-state index contributed by atoms with van der Waals surface area (Å²) in [6, 6.07) is 10.9. The lowest BCUT2D eigenvalue weighted by Gasteiger charge is -2.01. The van der Waals surface area contributed by atoms with Gasteiger partial charge >= 0.3 is 0 Å². The summed E-state index contributed by atoms with van der Waals surface area (Å²) in [6.07, 6.45) is 1.38. The molecule has 2 aromatic rings. The maximum absolute atomic E-state index is 11.7. The first-order chi connectivity index (χ1) is 9.56. The number of aromatic hydroxyl groups is 2. The number of benzene rings is 2. The Bertz CT molecular complexity index is 649. The van der Waals surface area contributed by atoms with Crippen LogP contribution in [0.25, 0.3) is 0 Å². The molecule has 0 atom stereocenters. The molecular formula is C15H14N2O3. The molecule has 1 amide bonds. The van der Waals surface area contributed by atoms with Gasteiger partial charge in [0.15, 0.2) is 0 Å².